The van der Waals surface area contributed by atoms with Gasteiger partial charge in [0.1, 0.15) is 0 Å². The van der Waals surface area contributed by atoms with Crippen molar-refractivity contribution in [3.8, 4) is 0 Å². The summed E-state index contributed by atoms with van der Waals surface area (Å²) in [6, 6.07) is 2.47. The third-order valence-electron chi connectivity index (χ3n) is 3.36. The Morgan fingerprint density at radius 2 is 2.22 bits per heavy atom. The van der Waals surface area contributed by atoms with E-state index >= 15 is 0 Å². The number of isothiocyanates is 1. The van der Waals surface area contributed by atoms with Crippen molar-refractivity contribution < 1.29 is 0 Å². The lowest BCUT2D eigenvalue weighted by Gasteiger charge is -2.23. The molecule has 0 saturated carbocycles. The highest BCUT2D eigenvalue weighted by Gasteiger charge is 2.28. The minimum atomic E-state index is 0.0589. The van der Waals surface area contributed by atoms with Crippen LogP contribution in [-0.4, -0.2) is 40.0 Å². The number of hydrogen-bond acceptors (Lipinski definition) is 4. The summed E-state index contributed by atoms with van der Waals surface area (Å²) in [5.41, 5.74) is 1.27. The molecular weight excluding hydrogens is 244 g/mol. The van der Waals surface area contributed by atoms with Crippen LogP contribution in [0.3, 0.4) is 0 Å². The first-order valence-electron chi connectivity index (χ1n) is 6.28. The zero-order valence-electron chi connectivity index (χ0n) is 11.5. The molecule has 98 valence electrons. The van der Waals surface area contributed by atoms with Gasteiger partial charge in [0.05, 0.1) is 11.2 Å². The van der Waals surface area contributed by atoms with E-state index in [1.165, 1.54) is 5.69 Å². The van der Waals surface area contributed by atoms with Crippen LogP contribution in [0.4, 0.5) is 5.82 Å². The fourth-order valence-electron chi connectivity index (χ4n) is 2.43. The van der Waals surface area contributed by atoms with Gasteiger partial charge in [-0.05, 0) is 32.2 Å². The van der Waals surface area contributed by atoms with Crippen molar-refractivity contribution in [2.45, 2.75) is 38.6 Å². The van der Waals surface area contributed by atoms with Crippen LogP contribution < -0.4 is 0 Å². The molecule has 2 heterocycles. The molecule has 1 aromatic rings. The van der Waals surface area contributed by atoms with E-state index in [-0.39, 0.29) is 5.41 Å². The van der Waals surface area contributed by atoms with Crippen LogP contribution in [0.1, 0.15) is 38.9 Å². The Morgan fingerprint density at radius 3 is 2.72 bits per heavy atom. The molecule has 5 heteroatoms. The second-order valence-electron chi connectivity index (χ2n) is 5.99. The first-order valence-corrected chi connectivity index (χ1v) is 6.69. The zero-order chi connectivity index (χ0) is 13.3. The van der Waals surface area contributed by atoms with Crippen molar-refractivity contribution in [3.05, 3.63) is 11.8 Å². The van der Waals surface area contributed by atoms with Gasteiger partial charge in [0, 0.05) is 23.7 Å². The van der Waals surface area contributed by atoms with Crippen molar-refractivity contribution in [1.82, 2.24) is 14.7 Å². The molecule has 4 nitrogen and oxygen atoms in total. The van der Waals surface area contributed by atoms with E-state index in [4.69, 9.17) is 0 Å². The Balaban J connectivity index is 2.41. The number of likely N-dealkylation sites (N-methyl/N-ethyl adjacent to an activating group) is 1. The van der Waals surface area contributed by atoms with Crippen molar-refractivity contribution >= 4 is 23.2 Å². The number of thiocarbonyl (C=S) groups is 1. The molecule has 0 N–H and O–H groups in total. The fourth-order valence-corrected chi connectivity index (χ4v) is 2.53. The maximum Gasteiger partial charge on any atom is 0.184 e. The summed E-state index contributed by atoms with van der Waals surface area (Å²) in [6.07, 6.45) is 1.14. The molecule has 0 bridgehead atoms. The number of nitrogens with zero attached hydrogens (tertiary/aromatic N) is 4. The van der Waals surface area contributed by atoms with Gasteiger partial charge in [0.15, 0.2) is 5.82 Å². The van der Waals surface area contributed by atoms with E-state index in [1.54, 1.807) is 0 Å². The van der Waals surface area contributed by atoms with Crippen LogP contribution >= 0.6 is 12.2 Å². The lowest BCUT2D eigenvalue weighted by atomic mass is 9.91. The van der Waals surface area contributed by atoms with Gasteiger partial charge in [0.25, 0.3) is 0 Å². The minimum absolute atomic E-state index is 0.0589. The topological polar surface area (TPSA) is 33.4 Å². The van der Waals surface area contributed by atoms with E-state index in [9.17, 15) is 0 Å². The van der Waals surface area contributed by atoms with Gasteiger partial charge >= 0.3 is 0 Å². The molecule has 0 radical (unpaired) electrons. The molecule has 0 spiro atoms. The molecule has 0 unspecified atom stereocenters. The van der Waals surface area contributed by atoms with E-state index in [1.807, 2.05) is 6.07 Å². The summed E-state index contributed by atoms with van der Waals surface area (Å²) in [5.74, 6) is 0.671. The summed E-state index contributed by atoms with van der Waals surface area (Å²) in [7, 11) is 2.15. The SMILES string of the molecule is CN1CC[C@H](n2nc(N=C=S)cc2C(C)(C)C)C1. The average molecular weight is 264 g/mol. The van der Waals surface area contributed by atoms with Crippen LogP contribution in [-0.2, 0) is 5.41 Å². The predicted molar refractivity (Wildman–Crippen MR) is 76.8 cm³/mol. The van der Waals surface area contributed by atoms with Gasteiger partial charge in [-0.1, -0.05) is 20.8 Å². The molecule has 1 atom stereocenters. The molecule has 1 aliphatic rings. The normalized spacial score (nSPS) is 21.0. The lowest BCUT2D eigenvalue weighted by Crippen LogP contribution is -2.24. The third kappa shape index (κ3) is 2.69. The minimum Gasteiger partial charge on any atom is -0.304 e. The van der Waals surface area contributed by atoms with Gasteiger partial charge in [-0.15, -0.1) is 0 Å². The molecule has 0 aliphatic carbocycles. The second kappa shape index (κ2) is 4.92. The number of likely N-dealkylation sites (tertiary alicyclic amines) is 1. The highest BCUT2D eigenvalue weighted by atomic mass is 32.1. The Kier molecular flexibility index (Phi) is 3.66. The van der Waals surface area contributed by atoms with Crippen LogP contribution in [0.15, 0.2) is 11.1 Å². The van der Waals surface area contributed by atoms with Crippen LogP contribution in [0.5, 0.6) is 0 Å². The van der Waals surface area contributed by atoms with E-state index in [0.29, 0.717) is 11.9 Å². The standard InChI is InChI=1S/C13H20N4S/c1-13(2,3)11-7-12(14-9-18)15-17(11)10-5-6-16(4)8-10/h7,10H,5-6,8H2,1-4H3/t10-/m0/s1. The Hall–Kier alpha value is -1.03. The monoisotopic (exact) mass is 264 g/mol. The van der Waals surface area contributed by atoms with Crippen LogP contribution in [0.25, 0.3) is 0 Å². The zero-order valence-corrected chi connectivity index (χ0v) is 12.3. The third-order valence-corrected chi connectivity index (χ3v) is 3.46. The second-order valence-corrected chi connectivity index (χ2v) is 6.17. The van der Waals surface area contributed by atoms with Crippen LogP contribution in [0, 0.1) is 0 Å². The molecule has 18 heavy (non-hydrogen) atoms. The Bertz CT molecular complexity index is 480. The van der Waals surface area contributed by atoms with Gasteiger partial charge in [-0.2, -0.15) is 10.1 Å². The summed E-state index contributed by atoms with van der Waals surface area (Å²) in [5, 5.41) is 6.97. The van der Waals surface area contributed by atoms with Gasteiger partial charge < -0.3 is 4.90 Å². The van der Waals surface area contributed by atoms with Gasteiger partial charge in [-0.3, -0.25) is 4.68 Å². The van der Waals surface area contributed by atoms with E-state index in [2.05, 4.69) is 64.9 Å². The molecule has 1 fully saturated rings. The first kappa shape index (κ1) is 13.4. The number of rotatable bonds is 2. The summed E-state index contributed by atoms with van der Waals surface area (Å²) in [4.78, 5) is 6.35. The summed E-state index contributed by atoms with van der Waals surface area (Å²) in [6.45, 7) is 8.77. The average Bonchev–Trinajstić information content (AvgIpc) is 2.83. The summed E-state index contributed by atoms with van der Waals surface area (Å²) >= 11 is 4.66. The van der Waals surface area contributed by atoms with Crippen LogP contribution in [0.2, 0.25) is 0 Å². The molecular formula is C13H20N4S. The van der Waals surface area contributed by atoms with Crippen molar-refractivity contribution in [2.75, 3.05) is 20.1 Å². The van der Waals surface area contributed by atoms with Crippen molar-refractivity contribution in [1.29, 1.82) is 0 Å². The number of aromatic nitrogens is 2. The highest BCUT2D eigenvalue weighted by molar-refractivity contribution is 7.78. The number of hydrogen-bond donors (Lipinski definition) is 0. The molecule has 2 rings (SSSR count). The Labute approximate surface area is 114 Å². The maximum atomic E-state index is 4.66. The number of aliphatic imine (C=N–C) groups is 1. The molecule has 0 amide bonds. The van der Waals surface area contributed by atoms with Gasteiger partial charge in [0.2, 0.25) is 0 Å². The highest BCUT2D eigenvalue weighted by Crippen LogP contribution is 2.31. The molecule has 1 aliphatic heterocycles. The predicted octanol–water partition coefficient (Wildman–Crippen LogP) is 2.79. The molecule has 1 aromatic heterocycles. The smallest absolute Gasteiger partial charge is 0.184 e. The first-order chi connectivity index (χ1) is 8.41. The summed E-state index contributed by atoms with van der Waals surface area (Å²) < 4.78 is 2.13. The van der Waals surface area contributed by atoms with Crippen molar-refractivity contribution in [3.63, 3.8) is 0 Å². The largest absolute Gasteiger partial charge is 0.304 e. The van der Waals surface area contributed by atoms with E-state index < -0.39 is 0 Å². The fraction of sp³-hybridized carbons (Fsp3) is 0.692. The van der Waals surface area contributed by atoms with Gasteiger partial charge in [-0.25, -0.2) is 0 Å². The Morgan fingerprint density at radius 1 is 1.50 bits per heavy atom. The lowest BCUT2D eigenvalue weighted by molar-refractivity contribution is 0.366. The van der Waals surface area contributed by atoms with E-state index in [0.717, 1.165) is 19.5 Å². The van der Waals surface area contributed by atoms with Crippen molar-refractivity contribution in [2.24, 2.45) is 4.99 Å². The molecule has 0 aromatic carbocycles. The quantitative estimate of drug-likeness (QED) is 0.608. The maximum absolute atomic E-state index is 4.66. The molecule has 1 saturated heterocycles.